The van der Waals surface area contributed by atoms with E-state index in [2.05, 4.69) is 10.3 Å². The Morgan fingerprint density at radius 2 is 1.77 bits per heavy atom. The Kier molecular flexibility index (Phi) is 4.58. The van der Waals surface area contributed by atoms with Crippen LogP contribution in [0.4, 0.5) is 13.2 Å². The number of fused-ring (bicyclic) bond motifs is 1. The number of aliphatic hydroxyl groups is 1. The average Bonchev–Trinajstić information content (AvgIpc) is 3.46. The number of aromatic amines is 1. The molecule has 2 saturated carbocycles. The normalized spacial score (nSPS) is 22.0. The number of carbonyl (C=O) groups excluding carboxylic acids is 1. The summed E-state index contributed by atoms with van der Waals surface area (Å²) in [7, 11) is 0. The summed E-state index contributed by atoms with van der Waals surface area (Å²) in [5.41, 5.74) is 2.28. The van der Waals surface area contributed by atoms with Crippen molar-refractivity contribution in [3.63, 3.8) is 0 Å². The quantitative estimate of drug-likeness (QED) is 0.580. The molecule has 2 aliphatic carbocycles. The Morgan fingerprint density at radius 1 is 1.07 bits per heavy atom. The van der Waals surface area contributed by atoms with Gasteiger partial charge in [-0.15, -0.1) is 0 Å². The molecule has 0 bridgehead atoms. The van der Waals surface area contributed by atoms with Gasteiger partial charge in [0.15, 0.2) is 0 Å². The Morgan fingerprint density at radius 3 is 2.43 bits per heavy atom. The summed E-state index contributed by atoms with van der Waals surface area (Å²) in [5.74, 6) is -2.04. The molecule has 1 atom stereocenters. The van der Waals surface area contributed by atoms with Gasteiger partial charge in [0.1, 0.15) is 23.6 Å². The molecule has 3 aromatic rings. The number of rotatable bonds is 5. The minimum Gasteiger partial charge on any atom is -0.383 e. The fraction of sp³-hybridized carbons (Fsp3) is 0.348. The lowest BCUT2D eigenvalue weighted by Gasteiger charge is -2.37. The Bertz CT molecular complexity index is 1120. The molecule has 5 rings (SSSR count). The van der Waals surface area contributed by atoms with Crippen molar-refractivity contribution in [1.29, 1.82) is 0 Å². The lowest BCUT2D eigenvalue weighted by molar-refractivity contribution is -0.131. The minimum atomic E-state index is -0.963. The van der Waals surface area contributed by atoms with Crippen LogP contribution in [0.1, 0.15) is 37.2 Å². The first kappa shape index (κ1) is 19.2. The Hall–Kier alpha value is -2.80. The third-order valence-corrected chi connectivity index (χ3v) is 6.23. The van der Waals surface area contributed by atoms with Crippen LogP contribution in [0.15, 0.2) is 36.4 Å². The van der Waals surface area contributed by atoms with E-state index in [0.717, 1.165) is 24.5 Å². The van der Waals surface area contributed by atoms with Gasteiger partial charge >= 0.3 is 0 Å². The highest BCUT2D eigenvalue weighted by atomic mass is 19.1. The molecule has 7 heteroatoms. The second-order valence-electron chi connectivity index (χ2n) is 8.39. The first-order valence-electron chi connectivity index (χ1n) is 10.2. The zero-order chi connectivity index (χ0) is 21.0. The lowest BCUT2D eigenvalue weighted by atomic mass is 9.74. The molecule has 3 N–H and O–H groups in total. The van der Waals surface area contributed by atoms with Crippen LogP contribution >= 0.6 is 0 Å². The second-order valence-corrected chi connectivity index (χ2v) is 8.39. The van der Waals surface area contributed by atoms with E-state index in [9.17, 15) is 23.1 Å². The van der Waals surface area contributed by atoms with Gasteiger partial charge in [-0.2, -0.15) is 0 Å². The lowest BCUT2D eigenvalue weighted by Crippen LogP contribution is -2.47. The van der Waals surface area contributed by atoms with Crippen LogP contribution in [0.5, 0.6) is 0 Å². The van der Waals surface area contributed by atoms with Gasteiger partial charge in [0.2, 0.25) is 5.91 Å². The van der Waals surface area contributed by atoms with Gasteiger partial charge in [0, 0.05) is 17.5 Å². The molecule has 2 fully saturated rings. The number of halogens is 3. The molecule has 156 valence electrons. The molecule has 0 radical (unpaired) electrons. The number of H-pyrrole nitrogens is 1. The third kappa shape index (κ3) is 3.37. The van der Waals surface area contributed by atoms with Gasteiger partial charge in [-0.3, -0.25) is 4.79 Å². The monoisotopic (exact) mass is 414 g/mol. The van der Waals surface area contributed by atoms with E-state index in [4.69, 9.17) is 0 Å². The molecule has 2 aromatic carbocycles. The predicted molar refractivity (Wildman–Crippen MR) is 106 cm³/mol. The van der Waals surface area contributed by atoms with Crippen molar-refractivity contribution in [2.45, 2.75) is 43.7 Å². The standard InChI is InChI=1S/C23H21F3N2O2/c24-14-5-3-11(4-6-14)20-19(17-9-15(25)10-18(26)21(17)28-20)13-7-16(8-13)27-23(30)22(29)12-1-2-12/h3-6,9-10,12-13,16,22,28-29H,1-2,7-8H2,(H,27,30)/t13-,16-,22?. The maximum atomic E-state index is 14.4. The fourth-order valence-corrected chi connectivity index (χ4v) is 4.39. The number of aliphatic hydroxyl groups excluding tert-OH is 1. The predicted octanol–water partition coefficient (Wildman–Crippen LogP) is 4.39. The third-order valence-electron chi connectivity index (χ3n) is 6.23. The molecule has 0 spiro atoms. The average molecular weight is 414 g/mol. The first-order valence-corrected chi connectivity index (χ1v) is 10.2. The number of amides is 1. The van der Waals surface area contributed by atoms with Crippen LogP contribution in [0.25, 0.3) is 22.2 Å². The molecule has 1 aromatic heterocycles. The van der Waals surface area contributed by atoms with Crippen molar-refractivity contribution < 1.29 is 23.1 Å². The number of nitrogens with one attached hydrogen (secondary N) is 2. The van der Waals surface area contributed by atoms with Crippen LogP contribution in [0.3, 0.4) is 0 Å². The van der Waals surface area contributed by atoms with E-state index < -0.39 is 17.7 Å². The first-order chi connectivity index (χ1) is 14.4. The second kappa shape index (κ2) is 7.16. The number of aromatic nitrogens is 1. The molecule has 30 heavy (non-hydrogen) atoms. The van der Waals surface area contributed by atoms with Crippen LogP contribution in [-0.2, 0) is 4.79 Å². The highest BCUT2D eigenvalue weighted by molar-refractivity contribution is 5.92. The summed E-state index contributed by atoms with van der Waals surface area (Å²) in [6, 6.07) is 7.89. The summed E-state index contributed by atoms with van der Waals surface area (Å²) >= 11 is 0. The number of carbonyl (C=O) groups is 1. The molecule has 1 unspecified atom stereocenters. The zero-order valence-corrected chi connectivity index (χ0v) is 16.1. The molecule has 0 saturated heterocycles. The van der Waals surface area contributed by atoms with Gasteiger partial charge in [0.05, 0.1) is 11.2 Å². The van der Waals surface area contributed by atoms with Crippen LogP contribution in [0.2, 0.25) is 0 Å². The molecule has 1 heterocycles. The highest BCUT2D eigenvalue weighted by Crippen LogP contribution is 2.46. The van der Waals surface area contributed by atoms with Gasteiger partial charge in [-0.05, 0) is 79.0 Å². The summed E-state index contributed by atoms with van der Waals surface area (Å²) < 4.78 is 41.7. The van der Waals surface area contributed by atoms with Crippen molar-refractivity contribution in [3.05, 3.63) is 59.4 Å². The maximum Gasteiger partial charge on any atom is 0.249 e. The summed E-state index contributed by atoms with van der Waals surface area (Å²) in [5, 5.41) is 13.3. The molecule has 1 amide bonds. The largest absolute Gasteiger partial charge is 0.383 e. The van der Waals surface area contributed by atoms with E-state index in [1.807, 2.05) is 0 Å². The topological polar surface area (TPSA) is 65.1 Å². The smallest absolute Gasteiger partial charge is 0.249 e. The minimum absolute atomic E-state index is 0.0247. The Balaban J connectivity index is 1.45. The van der Waals surface area contributed by atoms with E-state index >= 15 is 0 Å². The SMILES string of the molecule is O=C(N[C@H]1C[C@H](c2c(-c3ccc(F)cc3)[nH]c3c(F)cc(F)cc32)C1)C(O)C1CC1. The van der Waals surface area contributed by atoms with Crippen LogP contribution in [0, 0.1) is 23.4 Å². The van der Waals surface area contributed by atoms with E-state index in [-0.39, 0.29) is 35.1 Å². The van der Waals surface area contributed by atoms with Crippen LogP contribution < -0.4 is 5.32 Å². The molecule has 4 nitrogen and oxygen atoms in total. The van der Waals surface area contributed by atoms with Crippen molar-refractivity contribution >= 4 is 16.8 Å². The highest BCUT2D eigenvalue weighted by Gasteiger charge is 2.39. The fourth-order valence-electron chi connectivity index (χ4n) is 4.39. The number of benzene rings is 2. The molecule has 0 aliphatic heterocycles. The number of hydrogen-bond acceptors (Lipinski definition) is 2. The van der Waals surface area contributed by atoms with Gasteiger partial charge in [0.25, 0.3) is 0 Å². The van der Waals surface area contributed by atoms with E-state index in [0.29, 0.717) is 29.5 Å². The van der Waals surface area contributed by atoms with Crippen molar-refractivity contribution in [3.8, 4) is 11.3 Å². The van der Waals surface area contributed by atoms with Gasteiger partial charge in [-0.1, -0.05) is 0 Å². The molecule has 2 aliphatic rings. The molecular formula is C23H21F3N2O2. The number of hydrogen-bond donors (Lipinski definition) is 3. The molecular weight excluding hydrogens is 393 g/mol. The maximum absolute atomic E-state index is 14.4. The summed E-state index contributed by atoms with van der Waals surface area (Å²) in [6.07, 6.45) is 1.98. The Labute approximate surface area is 171 Å². The summed E-state index contributed by atoms with van der Waals surface area (Å²) in [4.78, 5) is 15.2. The van der Waals surface area contributed by atoms with Crippen molar-refractivity contribution in [1.82, 2.24) is 10.3 Å². The van der Waals surface area contributed by atoms with Gasteiger partial charge in [-0.25, -0.2) is 13.2 Å². The van der Waals surface area contributed by atoms with E-state index in [1.54, 1.807) is 12.1 Å². The van der Waals surface area contributed by atoms with Crippen molar-refractivity contribution in [2.24, 2.45) is 5.92 Å². The summed E-state index contributed by atoms with van der Waals surface area (Å²) in [6.45, 7) is 0. The van der Waals surface area contributed by atoms with E-state index in [1.165, 1.54) is 18.2 Å². The van der Waals surface area contributed by atoms with Crippen LogP contribution in [-0.4, -0.2) is 28.1 Å². The van der Waals surface area contributed by atoms with Gasteiger partial charge < -0.3 is 15.4 Å². The van der Waals surface area contributed by atoms with Crippen molar-refractivity contribution in [2.75, 3.05) is 0 Å². The zero-order valence-electron chi connectivity index (χ0n) is 16.1.